The summed E-state index contributed by atoms with van der Waals surface area (Å²) in [6, 6.07) is 3.43. The molecule has 2 aromatic rings. The van der Waals surface area contributed by atoms with Crippen LogP contribution in [0.3, 0.4) is 0 Å². The Hall–Kier alpha value is -2.08. The molecule has 0 fully saturated rings. The van der Waals surface area contributed by atoms with Gasteiger partial charge in [-0.1, -0.05) is 6.07 Å². The topological polar surface area (TPSA) is 41.0 Å². The Balaban J connectivity index is 2.20. The van der Waals surface area contributed by atoms with E-state index in [4.69, 9.17) is 0 Å². The van der Waals surface area contributed by atoms with Crippen LogP contribution in [0.25, 0.3) is 0 Å². The lowest BCUT2D eigenvalue weighted by Crippen LogP contribution is -2.28. The summed E-state index contributed by atoms with van der Waals surface area (Å²) in [5.41, 5.74) is 0.0499. The van der Waals surface area contributed by atoms with Gasteiger partial charge in [0, 0.05) is 24.5 Å². The molecule has 0 spiro atoms. The second-order valence-corrected chi connectivity index (χ2v) is 4.59. The summed E-state index contributed by atoms with van der Waals surface area (Å²) in [4.78, 5) is 9.75. The number of halogens is 2. The van der Waals surface area contributed by atoms with Crippen molar-refractivity contribution in [3.05, 3.63) is 54.0 Å². The molecule has 0 amide bonds. The summed E-state index contributed by atoms with van der Waals surface area (Å²) in [6.45, 7) is 0.323. The third-order valence-electron chi connectivity index (χ3n) is 3.00. The maximum absolute atomic E-state index is 13.9. The number of rotatable bonds is 5. The highest BCUT2D eigenvalue weighted by molar-refractivity contribution is 5.32. The first-order valence-electron chi connectivity index (χ1n) is 6.20. The summed E-state index contributed by atoms with van der Waals surface area (Å²) in [5, 5.41) is 3.03. The van der Waals surface area contributed by atoms with Crippen LogP contribution in [0, 0.1) is 11.6 Å². The molecule has 0 aliphatic heterocycles. The van der Waals surface area contributed by atoms with Gasteiger partial charge in [0.2, 0.25) is 0 Å². The van der Waals surface area contributed by atoms with Crippen LogP contribution < -0.4 is 5.32 Å². The first-order valence-corrected chi connectivity index (χ1v) is 6.20. The number of nitrogens with zero attached hydrogens (tertiary/aromatic N) is 3. The number of anilines is 1. The molecule has 6 heteroatoms. The van der Waals surface area contributed by atoms with E-state index in [0.717, 1.165) is 0 Å². The molecule has 20 heavy (non-hydrogen) atoms. The van der Waals surface area contributed by atoms with Crippen LogP contribution in [-0.2, 0) is 0 Å². The van der Waals surface area contributed by atoms with Crippen molar-refractivity contribution in [2.24, 2.45) is 0 Å². The number of hydrogen-bond acceptors (Lipinski definition) is 4. The van der Waals surface area contributed by atoms with Crippen molar-refractivity contribution < 1.29 is 8.78 Å². The minimum atomic E-state index is -0.551. The normalized spacial score (nSPS) is 12.4. The maximum Gasteiger partial charge on any atom is 0.144 e. The molecule has 1 N–H and O–H groups in total. The molecule has 1 atom stereocenters. The largest absolute Gasteiger partial charge is 0.367 e. The quantitative estimate of drug-likeness (QED) is 0.912. The molecule has 1 aromatic heterocycles. The number of nitrogens with one attached hydrogen (secondary N) is 1. The van der Waals surface area contributed by atoms with Crippen LogP contribution in [0.1, 0.15) is 11.6 Å². The third-order valence-corrected chi connectivity index (χ3v) is 3.00. The predicted molar refractivity (Wildman–Crippen MR) is 73.3 cm³/mol. The molecule has 0 radical (unpaired) electrons. The van der Waals surface area contributed by atoms with E-state index in [-0.39, 0.29) is 5.56 Å². The molecule has 0 saturated carbocycles. The van der Waals surface area contributed by atoms with Crippen molar-refractivity contribution >= 4 is 5.82 Å². The summed E-state index contributed by atoms with van der Waals surface area (Å²) >= 11 is 0. The minimum Gasteiger partial charge on any atom is -0.367 e. The van der Waals surface area contributed by atoms with Gasteiger partial charge in [-0.05, 0) is 26.2 Å². The van der Waals surface area contributed by atoms with Gasteiger partial charge in [-0.15, -0.1) is 0 Å². The van der Waals surface area contributed by atoms with Gasteiger partial charge in [-0.2, -0.15) is 0 Å². The van der Waals surface area contributed by atoms with E-state index in [1.807, 2.05) is 0 Å². The Morgan fingerprint density at radius 2 is 1.90 bits per heavy atom. The Morgan fingerprint density at radius 1 is 1.20 bits per heavy atom. The van der Waals surface area contributed by atoms with Crippen LogP contribution in [-0.4, -0.2) is 35.5 Å². The molecule has 1 unspecified atom stereocenters. The van der Waals surface area contributed by atoms with Gasteiger partial charge < -0.3 is 10.2 Å². The van der Waals surface area contributed by atoms with Crippen LogP contribution in [0.5, 0.6) is 0 Å². The first kappa shape index (κ1) is 14.3. The number of aromatic nitrogens is 2. The fourth-order valence-electron chi connectivity index (χ4n) is 1.96. The third kappa shape index (κ3) is 3.27. The van der Waals surface area contributed by atoms with Crippen LogP contribution in [0.4, 0.5) is 14.6 Å². The van der Waals surface area contributed by atoms with Gasteiger partial charge in [-0.3, -0.25) is 4.98 Å². The fourth-order valence-corrected chi connectivity index (χ4v) is 1.96. The van der Waals surface area contributed by atoms with E-state index in [9.17, 15) is 8.78 Å². The average molecular weight is 278 g/mol. The van der Waals surface area contributed by atoms with Crippen LogP contribution >= 0.6 is 0 Å². The number of benzene rings is 1. The maximum atomic E-state index is 13.9. The number of likely N-dealkylation sites (N-methyl/N-ethyl adjacent to an activating group) is 1. The standard InChI is InChI=1S/C14H16F2N4/c1-20(2)12(8-19-13-9-17-6-7-18-13)14-10(15)4-3-5-11(14)16/h3-7,9,12H,8H2,1-2H3,(H,18,19). The van der Waals surface area contributed by atoms with E-state index in [1.54, 1.807) is 37.6 Å². The highest BCUT2D eigenvalue weighted by Gasteiger charge is 2.21. The Labute approximate surface area is 116 Å². The molecule has 0 bridgehead atoms. The lowest BCUT2D eigenvalue weighted by Gasteiger charge is -2.26. The van der Waals surface area contributed by atoms with E-state index in [1.165, 1.54) is 18.2 Å². The van der Waals surface area contributed by atoms with Gasteiger partial charge >= 0.3 is 0 Å². The first-order chi connectivity index (χ1) is 9.59. The number of hydrogen-bond donors (Lipinski definition) is 1. The summed E-state index contributed by atoms with van der Waals surface area (Å²) in [5.74, 6) is -0.537. The van der Waals surface area contributed by atoms with E-state index in [2.05, 4.69) is 15.3 Å². The zero-order chi connectivity index (χ0) is 14.5. The van der Waals surface area contributed by atoms with Gasteiger partial charge in [0.1, 0.15) is 17.5 Å². The second kappa shape index (κ2) is 6.38. The molecule has 106 valence electrons. The average Bonchev–Trinajstić information content (AvgIpc) is 2.42. The highest BCUT2D eigenvalue weighted by Crippen LogP contribution is 2.24. The molecule has 1 heterocycles. The monoisotopic (exact) mass is 278 g/mol. The van der Waals surface area contributed by atoms with Crippen molar-refractivity contribution in [1.29, 1.82) is 0 Å². The molecule has 0 aliphatic rings. The Morgan fingerprint density at radius 3 is 2.45 bits per heavy atom. The fraction of sp³-hybridized carbons (Fsp3) is 0.286. The summed E-state index contributed by atoms with van der Waals surface area (Å²) in [6.07, 6.45) is 4.67. The summed E-state index contributed by atoms with van der Waals surface area (Å²) in [7, 11) is 3.55. The van der Waals surface area contributed by atoms with Gasteiger partial charge in [0.05, 0.1) is 12.2 Å². The van der Waals surface area contributed by atoms with Crippen LogP contribution in [0.15, 0.2) is 36.8 Å². The molecule has 0 aliphatic carbocycles. The van der Waals surface area contributed by atoms with Crippen molar-refractivity contribution in [3.8, 4) is 0 Å². The van der Waals surface area contributed by atoms with Crippen molar-refractivity contribution in [3.63, 3.8) is 0 Å². The minimum absolute atomic E-state index is 0.0499. The molecule has 0 saturated heterocycles. The van der Waals surface area contributed by atoms with E-state index >= 15 is 0 Å². The molecule has 4 nitrogen and oxygen atoms in total. The van der Waals surface area contributed by atoms with Gasteiger partial charge in [0.15, 0.2) is 0 Å². The molecular weight excluding hydrogens is 262 g/mol. The van der Waals surface area contributed by atoms with Crippen molar-refractivity contribution in [2.45, 2.75) is 6.04 Å². The Bertz CT molecular complexity index is 540. The zero-order valence-corrected chi connectivity index (χ0v) is 11.3. The predicted octanol–water partition coefficient (Wildman–Crippen LogP) is 2.47. The van der Waals surface area contributed by atoms with Gasteiger partial charge in [-0.25, -0.2) is 13.8 Å². The molecular formula is C14H16F2N4. The second-order valence-electron chi connectivity index (χ2n) is 4.59. The van der Waals surface area contributed by atoms with E-state index in [0.29, 0.717) is 12.4 Å². The van der Waals surface area contributed by atoms with Crippen LogP contribution in [0.2, 0.25) is 0 Å². The Kier molecular flexibility index (Phi) is 4.57. The molecule has 1 aromatic carbocycles. The molecule has 2 rings (SSSR count). The van der Waals surface area contributed by atoms with Crippen molar-refractivity contribution in [2.75, 3.05) is 26.0 Å². The van der Waals surface area contributed by atoms with E-state index < -0.39 is 17.7 Å². The highest BCUT2D eigenvalue weighted by atomic mass is 19.1. The zero-order valence-electron chi connectivity index (χ0n) is 11.3. The lowest BCUT2D eigenvalue weighted by atomic mass is 10.0. The summed E-state index contributed by atoms with van der Waals surface area (Å²) < 4.78 is 27.7. The van der Waals surface area contributed by atoms with Crippen molar-refractivity contribution in [1.82, 2.24) is 14.9 Å². The SMILES string of the molecule is CN(C)C(CNc1cnccn1)c1c(F)cccc1F. The lowest BCUT2D eigenvalue weighted by molar-refractivity contribution is 0.295. The van der Waals surface area contributed by atoms with Gasteiger partial charge in [0.25, 0.3) is 0 Å². The smallest absolute Gasteiger partial charge is 0.144 e.